The lowest BCUT2D eigenvalue weighted by Gasteiger charge is -2.25. The van der Waals surface area contributed by atoms with E-state index in [0.717, 1.165) is 60.2 Å². The number of rotatable bonds is 9. The molecule has 1 aromatic carbocycles. The number of nitrogens with one attached hydrogen (secondary N) is 4. The number of benzene rings is 1. The summed E-state index contributed by atoms with van der Waals surface area (Å²) in [5.41, 5.74) is 3.06. The number of anilines is 3. The van der Waals surface area contributed by atoms with Crippen molar-refractivity contribution in [3.8, 4) is 0 Å². The fourth-order valence-electron chi connectivity index (χ4n) is 5.23. The first kappa shape index (κ1) is 26.0. The molecule has 2 atom stereocenters. The summed E-state index contributed by atoms with van der Waals surface area (Å²) < 4.78 is 22.4. The Balaban J connectivity index is 1.28. The van der Waals surface area contributed by atoms with Crippen LogP contribution < -0.4 is 16.0 Å². The molecule has 4 N–H and O–H groups in total. The first-order valence-corrected chi connectivity index (χ1v) is 16.2. The minimum absolute atomic E-state index is 0.00739. The van der Waals surface area contributed by atoms with Gasteiger partial charge >= 0.3 is 0 Å². The van der Waals surface area contributed by atoms with Gasteiger partial charge in [-0.05, 0) is 81.0 Å². The highest BCUT2D eigenvalue weighted by atomic mass is 32.2. The lowest BCUT2D eigenvalue weighted by molar-refractivity contribution is -0.117. The normalized spacial score (nSPS) is 20.1. The molecule has 3 aromatic rings. The Morgan fingerprint density at radius 2 is 2.00 bits per heavy atom. The van der Waals surface area contributed by atoms with Crippen LogP contribution in [0.25, 0.3) is 0 Å². The average Bonchev–Trinajstić information content (AvgIpc) is 3.82. The van der Waals surface area contributed by atoms with Crippen LogP contribution in [0, 0.1) is 23.5 Å². The van der Waals surface area contributed by atoms with Gasteiger partial charge in [0.2, 0.25) is 11.9 Å². The highest BCUT2D eigenvalue weighted by molar-refractivity contribution is 7.91. The van der Waals surface area contributed by atoms with Crippen molar-refractivity contribution in [2.45, 2.75) is 62.8 Å². The quantitative estimate of drug-likeness (QED) is 0.297. The van der Waals surface area contributed by atoms with E-state index in [4.69, 9.17) is 4.78 Å². The van der Waals surface area contributed by atoms with Crippen molar-refractivity contribution in [3.05, 3.63) is 46.1 Å². The molecule has 12 heteroatoms. The van der Waals surface area contributed by atoms with Crippen molar-refractivity contribution in [2.75, 3.05) is 23.4 Å². The third-order valence-electron chi connectivity index (χ3n) is 7.81. The maximum absolute atomic E-state index is 13.4. The SMILES string of the molecule is Cc1c(Nc2nncn2[C@H]2CCc3sc(NC(=O)C4CC4)c(C(=O)NCC4CC4)c3C2)cccc1[S@@](C)(=N)=O. The molecule has 0 aliphatic heterocycles. The van der Waals surface area contributed by atoms with E-state index in [-0.39, 0.29) is 23.8 Å². The Hall–Kier alpha value is -3.25. The molecule has 2 amide bonds. The van der Waals surface area contributed by atoms with Gasteiger partial charge in [-0.15, -0.1) is 21.5 Å². The Kier molecular flexibility index (Phi) is 6.70. The Morgan fingerprint density at radius 3 is 2.72 bits per heavy atom. The molecule has 6 rings (SSSR count). The Labute approximate surface area is 232 Å². The largest absolute Gasteiger partial charge is 0.352 e. The van der Waals surface area contributed by atoms with Crippen LogP contribution in [0.2, 0.25) is 0 Å². The van der Waals surface area contributed by atoms with Gasteiger partial charge in [0.15, 0.2) is 0 Å². The van der Waals surface area contributed by atoms with E-state index in [9.17, 15) is 13.8 Å². The van der Waals surface area contributed by atoms with Crippen molar-refractivity contribution >= 4 is 49.5 Å². The lowest BCUT2D eigenvalue weighted by atomic mass is 9.91. The molecule has 0 bridgehead atoms. The Bertz CT molecular complexity index is 1550. The van der Waals surface area contributed by atoms with Gasteiger partial charge in [-0.1, -0.05) is 6.07 Å². The topological polar surface area (TPSA) is 142 Å². The van der Waals surface area contributed by atoms with Gasteiger partial charge in [-0.3, -0.25) is 14.2 Å². The molecule has 10 nitrogen and oxygen atoms in total. The Morgan fingerprint density at radius 1 is 1.21 bits per heavy atom. The van der Waals surface area contributed by atoms with E-state index in [1.165, 1.54) is 17.6 Å². The second-order valence-electron chi connectivity index (χ2n) is 11.0. The van der Waals surface area contributed by atoms with Gasteiger partial charge in [0, 0.05) is 35.3 Å². The molecule has 2 saturated carbocycles. The van der Waals surface area contributed by atoms with Crippen LogP contribution in [0.1, 0.15) is 64.5 Å². The van der Waals surface area contributed by atoms with Crippen molar-refractivity contribution in [3.63, 3.8) is 0 Å². The van der Waals surface area contributed by atoms with Crippen molar-refractivity contribution in [1.82, 2.24) is 20.1 Å². The highest BCUT2D eigenvalue weighted by Crippen LogP contribution is 2.43. The van der Waals surface area contributed by atoms with E-state index in [1.807, 2.05) is 17.6 Å². The van der Waals surface area contributed by atoms with Gasteiger partial charge in [0.1, 0.15) is 11.3 Å². The van der Waals surface area contributed by atoms with Gasteiger partial charge in [0.05, 0.1) is 20.2 Å². The fourth-order valence-corrected chi connectivity index (χ4v) is 7.51. The molecular formula is C27H33N7O3S2. The summed E-state index contributed by atoms with van der Waals surface area (Å²) in [7, 11) is -2.88. The van der Waals surface area contributed by atoms with Crippen LogP contribution in [0.4, 0.5) is 16.6 Å². The summed E-state index contributed by atoms with van der Waals surface area (Å²) in [4.78, 5) is 27.7. The van der Waals surface area contributed by atoms with E-state index >= 15 is 0 Å². The van der Waals surface area contributed by atoms with Crippen LogP contribution in [0.15, 0.2) is 29.4 Å². The molecule has 2 heterocycles. The molecule has 3 aliphatic carbocycles. The number of aryl methyl sites for hydroxylation is 1. The number of carbonyl (C=O) groups is 2. The van der Waals surface area contributed by atoms with Crippen LogP contribution in [-0.2, 0) is 27.4 Å². The number of thiophene rings is 1. The number of carbonyl (C=O) groups excluding carboxylic acids is 2. The van der Waals surface area contributed by atoms with Crippen LogP contribution in [0.5, 0.6) is 0 Å². The zero-order chi connectivity index (χ0) is 27.3. The maximum atomic E-state index is 13.4. The molecule has 0 unspecified atom stereocenters. The first-order valence-electron chi connectivity index (χ1n) is 13.4. The maximum Gasteiger partial charge on any atom is 0.254 e. The van der Waals surface area contributed by atoms with Gasteiger partial charge in [-0.2, -0.15) is 0 Å². The minimum atomic E-state index is -2.88. The van der Waals surface area contributed by atoms with Crippen molar-refractivity contribution in [1.29, 1.82) is 4.78 Å². The summed E-state index contributed by atoms with van der Waals surface area (Å²) in [6.07, 6.45) is 9.48. The third kappa shape index (κ3) is 5.44. The number of hydrogen-bond donors (Lipinski definition) is 4. The van der Waals surface area contributed by atoms with Gasteiger partial charge in [-0.25, -0.2) is 8.99 Å². The number of hydrogen-bond acceptors (Lipinski definition) is 8. The molecule has 3 aliphatic rings. The molecule has 2 aromatic heterocycles. The monoisotopic (exact) mass is 567 g/mol. The predicted octanol–water partition coefficient (Wildman–Crippen LogP) is 4.65. The molecular weight excluding hydrogens is 534 g/mol. The summed E-state index contributed by atoms with van der Waals surface area (Å²) in [5, 5.41) is 18.6. The smallest absolute Gasteiger partial charge is 0.254 e. The number of nitrogens with zero attached hydrogens (tertiary/aromatic N) is 3. The number of amides is 2. The van der Waals surface area contributed by atoms with Gasteiger partial charge in [0.25, 0.3) is 5.91 Å². The van der Waals surface area contributed by atoms with E-state index in [1.54, 1.807) is 18.5 Å². The summed E-state index contributed by atoms with van der Waals surface area (Å²) in [5.74, 6) is 1.06. The molecule has 0 radical (unpaired) electrons. The second kappa shape index (κ2) is 10.1. The molecule has 0 spiro atoms. The van der Waals surface area contributed by atoms with Crippen molar-refractivity contribution < 1.29 is 13.8 Å². The average molecular weight is 568 g/mol. The molecule has 2 fully saturated rings. The minimum Gasteiger partial charge on any atom is -0.352 e. The molecule has 39 heavy (non-hydrogen) atoms. The lowest BCUT2D eigenvalue weighted by Crippen LogP contribution is -2.28. The van der Waals surface area contributed by atoms with E-state index in [0.29, 0.717) is 40.3 Å². The number of fused-ring (bicyclic) bond motifs is 1. The zero-order valence-electron chi connectivity index (χ0n) is 22.1. The van der Waals surface area contributed by atoms with E-state index < -0.39 is 9.73 Å². The van der Waals surface area contributed by atoms with Crippen molar-refractivity contribution in [2.24, 2.45) is 11.8 Å². The van der Waals surface area contributed by atoms with E-state index in [2.05, 4.69) is 26.1 Å². The predicted molar refractivity (Wildman–Crippen MR) is 151 cm³/mol. The summed E-state index contributed by atoms with van der Waals surface area (Å²) in [6.45, 7) is 2.52. The van der Waals surface area contributed by atoms with Crippen LogP contribution in [0.3, 0.4) is 0 Å². The first-order chi connectivity index (χ1) is 18.7. The second-order valence-corrected chi connectivity index (χ2v) is 14.2. The fraction of sp³-hybridized carbons (Fsp3) is 0.481. The van der Waals surface area contributed by atoms with Crippen LogP contribution >= 0.6 is 11.3 Å². The standard InChI is InChI=1S/C27H33N7O3S2/c1-15-20(4-3-5-22(15)39(2,28)37)31-27-33-30-14-34(27)18-10-11-21-19(12-18)23(25(36)29-13-16-6-7-16)26(38-21)32-24(35)17-8-9-17/h3-5,14,16-18,28H,6-13H2,1-2H3,(H,29,36)(H,31,33)(H,32,35)/t18-,39-/m0/s1. The summed E-state index contributed by atoms with van der Waals surface area (Å²) in [6, 6.07) is 5.39. The summed E-state index contributed by atoms with van der Waals surface area (Å²) >= 11 is 1.53. The van der Waals surface area contributed by atoms with Crippen LogP contribution in [-0.4, -0.2) is 43.6 Å². The highest BCUT2D eigenvalue weighted by Gasteiger charge is 2.35. The zero-order valence-corrected chi connectivity index (χ0v) is 23.7. The molecule has 206 valence electrons. The molecule has 0 saturated heterocycles. The third-order valence-corrected chi connectivity index (χ3v) is 10.3. The number of aromatic nitrogens is 3. The van der Waals surface area contributed by atoms with Gasteiger partial charge < -0.3 is 16.0 Å².